The van der Waals surface area contributed by atoms with Gasteiger partial charge in [0.05, 0.1) is 6.20 Å². The van der Waals surface area contributed by atoms with E-state index in [1.807, 2.05) is 19.3 Å². The van der Waals surface area contributed by atoms with Gasteiger partial charge >= 0.3 is 0 Å². The third kappa shape index (κ3) is 3.33. The SMILES string of the molecule is Cn1cc(-c2nc(C(=O)N[C@@H](C(N)=O)c3ccccc3)cs2)cn1. The summed E-state index contributed by atoms with van der Waals surface area (Å²) in [7, 11) is 1.81. The lowest BCUT2D eigenvalue weighted by atomic mass is 10.1. The van der Waals surface area contributed by atoms with E-state index in [0.717, 1.165) is 5.56 Å². The van der Waals surface area contributed by atoms with Crippen LogP contribution in [0.3, 0.4) is 0 Å². The van der Waals surface area contributed by atoms with Crippen molar-refractivity contribution in [1.82, 2.24) is 20.1 Å². The summed E-state index contributed by atoms with van der Waals surface area (Å²) in [5.74, 6) is -1.08. The second kappa shape index (κ2) is 6.63. The Balaban J connectivity index is 1.79. The molecule has 122 valence electrons. The number of hydrogen-bond donors (Lipinski definition) is 2. The van der Waals surface area contributed by atoms with Crippen molar-refractivity contribution in [3.05, 3.63) is 59.4 Å². The number of primary amides is 1. The van der Waals surface area contributed by atoms with Crippen LogP contribution in [0.5, 0.6) is 0 Å². The molecule has 7 nitrogen and oxygen atoms in total. The number of nitrogens with two attached hydrogens (primary N) is 1. The van der Waals surface area contributed by atoms with Gasteiger partial charge < -0.3 is 11.1 Å². The van der Waals surface area contributed by atoms with Gasteiger partial charge in [0.2, 0.25) is 5.91 Å². The van der Waals surface area contributed by atoms with Crippen molar-refractivity contribution in [3.8, 4) is 10.6 Å². The summed E-state index contributed by atoms with van der Waals surface area (Å²) in [4.78, 5) is 28.4. The van der Waals surface area contributed by atoms with Crippen molar-refractivity contribution in [2.45, 2.75) is 6.04 Å². The molecule has 0 bridgehead atoms. The van der Waals surface area contributed by atoms with Crippen molar-refractivity contribution in [2.75, 3.05) is 0 Å². The monoisotopic (exact) mass is 341 g/mol. The first-order chi connectivity index (χ1) is 11.5. The Morgan fingerprint density at radius 2 is 2.04 bits per heavy atom. The third-order valence-electron chi connectivity index (χ3n) is 3.38. The normalized spacial score (nSPS) is 11.9. The van der Waals surface area contributed by atoms with Crippen LogP contribution in [0.2, 0.25) is 0 Å². The summed E-state index contributed by atoms with van der Waals surface area (Å²) >= 11 is 1.33. The molecule has 3 N–H and O–H groups in total. The Labute approximate surface area is 142 Å². The lowest BCUT2D eigenvalue weighted by Crippen LogP contribution is -2.37. The zero-order valence-electron chi connectivity index (χ0n) is 12.8. The summed E-state index contributed by atoms with van der Waals surface area (Å²) in [6.07, 6.45) is 3.49. The zero-order valence-corrected chi connectivity index (χ0v) is 13.7. The maximum Gasteiger partial charge on any atom is 0.271 e. The second-order valence-corrected chi connectivity index (χ2v) is 6.02. The predicted molar refractivity (Wildman–Crippen MR) is 90.2 cm³/mol. The van der Waals surface area contributed by atoms with E-state index in [9.17, 15) is 9.59 Å². The molecule has 3 aromatic rings. The van der Waals surface area contributed by atoms with Crippen molar-refractivity contribution >= 4 is 23.2 Å². The summed E-state index contributed by atoms with van der Waals surface area (Å²) in [6, 6.07) is 7.95. The molecule has 24 heavy (non-hydrogen) atoms. The molecule has 0 radical (unpaired) electrons. The molecule has 0 saturated carbocycles. The standard InChI is InChI=1S/C16H15N5O2S/c1-21-8-11(7-18-21)16-19-12(9-24-16)15(23)20-13(14(17)22)10-5-3-2-4-6-10/h2-9,13H,1H3,(H2,17,22)(H,20,23)/t13-/m1/s1. The molecule has 2 aromatic heterocycles. The van der Waals surface area contributed by atoms with Gasteiger partial charge in [0.25, 0.3) is 5.91 Å². The van der Waals surface area contributed by atoms with Gasteiger partial charge in [-0.2, -0.15) is 5.10 Å². The van der Waals surface area contributed by atoms with Crippen LogP contribution in [0.25, 0.3) is 10.6 Å². The van der Waals surface area contributed by atoms with Crippen molar-refractivity contribution in [3.63, 3.8) is 0 Å². The van der Waals surface area contributed by atoms with Gasteiger partial charge in [-0.1, -0.05) is 30.3 Å². The van der Waals surface area contributed by atoms with E-state index < -0.39 is 17.9 Å². The molecule has 2 amide bonds. The van der Waals surface area contributed by atoms with E-state index in [2.05, 4.69) is 15.4 Å². The van der Waals surface area contributed by atoms with Gasteiger partial charge in [-0.15, -0.1) is 11.3 Å². The first-order valence-corrected chi connectivity index (χ1v) is 8.02. The van der Waals surface area contributed by atoms with E-state index in [1.165, 1.54) is 11.3 Å². The average molecular weight is 341 g/mol. The number of thiazole rings is 1. The van der Waals surface area contributed by atoms with E-state index in [0.29, 0.717) is 10.6 Å². The Morgan fingerprint density at radius 3 is 2.67 bits per heavy atom. The smallest absolute Gasteiger partial charge is 0.271 e. The van der Waals surface area contributed by atoms with Gasteiger partial charge in [0.1, 0.15) is 16.7 Å². The number of aryl methyl sites for hydroxylation is 1. The fraction of sp³-hybridized carbons (Fsp3) is 0.125. The fourth-order valence-corrected chi connectivity index (χ4v) is 2.99. The maximum atomic E-state index is 12.4. The number of amides is 2. The van der Waals surface area contributed by atoms with Crippen molar-refractivity contribution in [1.29, 1.82) is 0 Å². The third-order valence-corrected chi connectivity index (χ3v) is 4.27. The van der Waals surface area contributed by atoms with Crippen LogP contribution < -0.4 is 11.1 Å². The Kier molecular flexibility index (Phi) is 4.39. The summed E-state index contributed by atoms with van der Waals surface area (Å²) in [5.41, 5.74) is 7.10. The number of carbonyl (C=O) groups excluding carboxylic acids is 2. The Bertz CT molecular complexity index is 871. The highest BCUT2D eigenvalue weighted by Gasteiger charge is 2.22. The number of hydrogen-bond acceptors (Lipinski definition) is 5. The van der Waals surface area contributed by atoms with E-state index in [1.54, 1.807) is 40.5 Å². The maximum absolute atomic E-state index is 12.4. The number of rotatable bonds is 5. The lowest BCUT2D eigenvalue weighted by molar-refractivity contribution is -0.120. The average Bonchev–Trinajstić information content (AvgIpc) is 3.21. The second-order valence-electron chi connectivity index (χ2n) is 5.16. The molecule has 0 aliphatic rings. The highest BCUT2D eigenvalue weighted by atomic mass is 32.1. The summed E-state index contributed by atoms with van der Waals surface area (Å²) in [5, 5.41) is 9.03. The molecule has 0 aliphatic carbocycles. The number of nitrogens with one attached hydrogen (secondary N) is 1. The van der Waals surface area contributed by atoms with Crippen LogP contribution >= 0.6 is 11.3 Å². The molecule has 0 unspecified atom stereocenters. The lowest BCUT2D eigenvalue weighted by Gasteiger charge is -2.14. The van der Waals surface area contributed by atoms with Gasteiger partial charge in [-0.05, 0) is 5.56 Å². The number of carbonyl (C=O) groups is 2. The first kappa shape index (κ1) is 15.9. The number of aromatic nitrogens is 3. The Hall–Kier alpha value is -3.00. The molecular weight excluding hydrogens is 326 g/mol. The molecule has 0 fully saturated rings. The predicted octanol–water partition coefficient (Wildman–Crippen LogP) is 1.50. The minimum absolute atomic E-state index is 0.237. The fourth-order valence-electron chi connectivity index (χ4n) is 2.21. The van der Waals surface area contributed by atoms with Crippen LogP contribution in [0, 0.1) is 0 Å². The minimum Gasteiger partial charge on any atom is -0.368 e. The molecule has 3 rings (SSSR count). The van der Waals surface area contributed by atoms with Crippen molar-refractivity contribution in [2.24, 2.45) is 12.8 Å². The quantitative estimate of drug-likeness (QED) is 0.734. The highest BCUT2D eigenvalue weighted by Crippen LogP contribution is 2.23. The summed E-state index contributed by atoms with van der Waals surface area (Å²) < 4.78 is 1.66. The van der Waals surface area contributed by atoms with E-state index in [4.69, 9.17) is 5.73 Å². The highest BCUT2D eigenvalue weighted by molar-refractivity contribution is 7.13. The Morgan fingerprint density at radius 1 is 1.29 bits per heavy atom. The van der Waals surface area contributed by atoms with E-state index in [-0.39, 0.29) is 5.69 Å². The topological polar surface area (TPSA) is 103 Å². The molecule has 0 saturated heterocycles. The van der Waals surface area contributed by atoms with Crippen LogP contribution in [0.4, 0.5) is 0 Å². The van der Waals surface area contributed by atoms with Gasteiger partial charge in [-0.25, -0.2) is 4.98 Å². The molecular formula is C16H15N5O2S. The van der Waals surface area contributed by atoms with Crippen LogP contribution in [-0.2, 0) is 11.8 Å². The van der Waals surface area contributed by atoms with Gasteiger partial charge in [0.15, 0.2) is 0 Å². The van der Waals surface area contributed by atoms with E-state index >= 15 is 0 Å². The molecule has 0 spiro atoms. The molecule has 8 heteroatoms. The largest absolute Gasteiger partial charge is 0.368 e. The molecule has 1 atom stereocenters. The molecule has 2 heterocycles. The molecule has 1 aromatic carbocycles. The summed E-state index contributed by atoms with van der Waals surface area (Å²) in [6.45, 7) is 0. The van der Waals surface area contributed by atoms with Crippen LogP contribution in [0.15, 0.2) is 48.1 Å². The minimum atomic E-state index is -0.901. The van der Waals surface area contributed by atoms with Crippen LogP contribution in [-0.4, -0.2) is 26.6 Å². The number of benzene rings is 1. The van der Waals surface area contributed by atoms with Gasteiger partial charge in [0, 0.05) is 24.2 Å². The molecule has 0 aliphatic heterocycles. The first-order valence-electron chi connectivity index (χ1n) is 7.14. The van der Waals surface area contributed by atoms with Crippen LogP contribution in [0.1, 0.15) is 22.1 Å². The van der Waals surface area contributed by atoms with Crippen molar-refractivity contribution < 1.29 is 9.59 Å². The van der Waals surface area contributed by atoms with Gasteiger partial charge in [-0.3, -0.25) is 14.3 Å². The zero-order chi connectivity index (χ0) is 17.1. The number of nitrogens with zero attached hydrogens (tertiary/aromatic N) is 3.